The van der Waals surface area contributed by atoms with Crippen LogP contribution in [0.25, 0.3) is 5.69 Å². The van der Waals surface area contributed by atoms with Crippen molar-refractivity contribution in [2.45, 2.75) is 57.7 Å². The Morgan fingerprint density at radius 2 is 1.72 bits per heavy atom. The summed E-state index contributed by atoms with van der Waals surface area (Å²) in [5.41, 5.74) is -0.645. The van der Waals surface area contributed by atoms with Crippen molar-refractivity contribution >= 4 is 17.5 Å². The molecule has 1 aliphatic rings. The summed E-state index contributed by atoms with van der Waals surface area (Å²) in [4.78, 5) is 22.9. The first-order valence-electron chi connectivity index (χ1n) is 11.5. The third-order valence-electron chi connectivity index (χ3n) is 6.86. The summed E-state index contributed by atoms with van der Waals surface area (Å²) in [7, 11) is 4.88. The van der Waals surface area contributed by atoms with Gasteiger partial charge in [0, 0.05) is 30.2 Å². The molecule has 0 radical (unpaired) electrons. The first-order chi connectivity index (χ1) is 16.8. The van der Waals surface area contributed by atoms with Crippen molar-refractivity contribution in [1.29, 1.82) is 0 Å². The topological polar surface area (TPSA) is 115 Å². The van der Waals surface area contributed by atoms with Crippen LogP contribution >= 0.6 is 0 Å². The molecule has 2 N–H and O–H groups in total. The van der Waals surface area contributed by atoms with Crippen LogP contribution in [-0.4, -0.2) is 65.9 Å². The van der Waals surface area contributed by atoms with Crippen molar-refractivity contribution in [2.24, 2.45) is 7.05 Å². The second-order valence-electron chi connectivity index (χ2n) is 10.2. The molecule has 0 unspecified atom stereocenters. The first-order valence-corrected chi connectivity index (χ1v) is 11.5. The van der Waals surface area contributed by atoms with Gasteiger partial charge in [-0.25, -0.2) is 18.6 Å². The normalized spacial score (nSPS) is 17.7. The fraction of sp³-hybridized carbons (Fsp3) is 0.522. The van der Waals surface area contributed by atoms with E-state index in [0.717, 1.165) is 34.5 Å². The summed E-state index contributed by atoms with van der Waals surface area (Å²) >= 11 is 0. The number of piperidine rings is 1. The average molecular weight is 504 g/mol. The van der Waals surface area contributed by atoms with E-state index in [1.807, 2.05) is 0 Å². The largest absolute Gasteiger partial charge is 0.494 e. The molecule has 2 aromatic heterocycles. The number of likely N-dealkylation sites (tertiary alicyclic amines) is 1. The lowest BCUT2D eigenvalue weighted by atomic mass is 9.77. The molecule has 1 aromatic carbocycles. The third-order valence-corrected chi connectivity index (χ3v) is 6.86. The molecule has 4 rings (SSSR count). The van der Waals surface area contributed by atoms with Crippen LogP contribution in [0.4, 0.5) is 26.2 Å². The van der Waals surface area contributed by atoms with Crippen molar-refractivity contribution in [1.82, 2.24) is 34.7 Å². The monoisotopic (exact) mass is 503 g/mol. The van der Waals surface area contributed by atoms with Crippen LogP contribution in [0.5, 0.6) is 5.75 Å². The summed E-state index contributed by atoms with van der Waals surface area (Å²) in [5.74, 6) is -1.22. The number of nitrogens with zero attached hydrogens (tertiary/aromatic N) is 7. The van der Waals surface area contributed by atoms with E-state index in [4.69, 9.17) is 4.74 Å². The molecule has 36 heavy (non-hydrogen) atoms. The third kappa shape index (κ3) is 4.74. The van der Waals surface area contributed by atoms with Gasteiger partial charge in [-0.2, -0.15) is 14.3 Å². The number of aryl methyl sites for hydroxylation is 1. The number of hydrogen-bond acceptors (Lipinski definition) is 9. The minimum Gasteiger partial charge on any atom is -0.494 e. The van der Waals surface area contributed by atoms with E-state index in [1.165, 1.54) is 20.2 Å². The van der Waals surface area contributed by atoms with Crippen molar-refractivity contribution in [3.8, 4) is 11.4 Å². The lowest BCUT2D eigenvalue weighted by molar-refractivity contribution is -0.00778. The number of aromatic nitrogens is 6. The van der Waals surface area contributed by atoms with Gasteiger partial charge in [-0.3, -0.25) is 4.90 Å². The van der Waals surface area contributed by atoms with Crippen LogP contribution in [0.1, 0.15) is 40.5 Å². The highest BCUT2D eigenvalue weighted by atomic mass is 19.1. The van der Waals surface area contributed by atoms with Crippen LogP contribution in [0, 0.1) is 11.6 Å². The quantitative estimate of drug-likeness (QED) is 0.524. The number of halogens is 2. The molecular formula is C23H31F2N9O2. The lowest BCUT2D eigenvalue weighted by Crippen LogP contribution is -2.61. The van der Waals surface area contributed by atoms with Crippen LogP contribution < -0.4 is 21.1 Å². The molecule has 13 heteroatoms. The van der Waals surface area contributed by atoms with Crippen LogP contribution in [0.2, 0.25) is 0 Å². The Hall–Kier alpha value is -3.61. The highest BCUT2D eigenvalue weighted by molar-refractivity contribution is 5.63. The predicted octanol–water partition coefficient (Wildman–Crippen LogP) is 2.85. The molecule has 0 saturated carbocycles. The molecule has 3 aromatic rings. The van der Waals surface area contributed by atoms with E-state index in [0.29, 0.717) is 0 Å². The number of tetrazole rings is 1. The molecule has 0 spiro atoms. The molecule has 0 atom stereocenters. The highest BCUT2D eigenvalue weighted by Gasteiger charge is 2.43. The van der Waals surface area contributed by atoms with E-state index in [2.05, 4.69) is 70.7 Å². The molecule has 0 amide bonds. The Labute approximate surface area is 207 Å². The smallest absolute Gasteiger partial charge is 0.368 e. The zero-order valence-electron chi connectivity index (χ0n) is 21.4. The van der Waals surface area contributed by atoms with Crippen molar-refractivity contribution in [3.63, 3.8) is 0 Å². The summed E-state index contributed by atoms with van der Waals surface area (Å²) in [6.45, 7) is 8.60. The molecule has 0 aliphatic carbocycles. The second kappa shape index (κ2) is 9.12. The van der Waals surface area contributed by atoms with Crippen molar-refractivity contribution in [2.75, 3.05) is 24.8 Å². The van der Waals surface area contributed by atoms with Gasteiger partial charge in [-0.15, -0.1) is 0 Å². The van der Waals surface area contributed by atoms with Crippen molar-refractivity contribution in [3.05, 3.63) is 40.4 Å². The van der Waals surface area contributed by atoms with Gasteiger partial charge >= 0.3 is 5.69 Å². The maximum absolute atomic E-state index is 14.9. The number of hydrogen-bond donors (Lipinski definition) is 2. The number of benzene rings is 1. The number of anilines is 3. The van der Waals surface area contributed by atoms with Crippen molar-refractivity contribution < 1.29 is 13.5 Å². The molecule has 1 aliphatic heterocycles. The molecule has 1 saturated heterocycles. The van der Waals surface area contributed by atoms with E-state index in [-0.39, 0.29) is 46.0 Å². The summed E-state index contributed by atoms with van der Waals surface area (Å²) in [6, 6.07) is 2.40. The molecular weight excluding hydrogens is 472 g/mol. The number of methoxy groups -OCH3 is 1. The van der Waals surface area contributed by atoms with E-state index < -0.39 is 17.3 Å². The van der Waals surface area contributed by atoms with Gasteiger partial charge in [-0.05, 0) is 64.1 Å². The summed E-state index contributed by atoms with van der Waals surface area (Å²) in [6.07, 6.45) is 2.59. The van der Waals surface area contributed by atoms with Crippen LogP contribution in [0.15, 0.2) is 23.1 Å². The predicted molar refractivity (Wildman–Crippen MR) is 131 cm³/mol. The molecule has 11 nitrogen and oxygen atoms in total. The van der Waals surface area contributed by atoms with Gasteiger partial charge < -0.3 is 15.4 Å². The molecule has 1 fully saturated rings. The Morgan fingerprint density at radius 3 is 2.31 bits per heavy atom. The van der Waals surface area contributed by atoms with Gasteiger partial charge in [0.1, 0.15) is 11.4 Å². The van der Waals surface area contributed by atoms with Crippen LogP contribution in [-0.2, 0) is 7.05 Å². The van der Waals surface area contributed by atoms with Gasteiger partial charge in [0.15, 0.2) is 17.5 Å². The second-order valence-corrected chi connectivity index (χ2v) is 10.2. The minimum absolute atomic E-state index is 0.0212. The fourth-order valence-corrected chi connectivity index (χ4v) is 4.75. The standard InChI is InChI=1S/C23H31F2N9O2/c1-22(2)10-13(11-23(3,4)33(22)6)27-19-15(25)12-26-20(29-19)28-16-9-17(18(36-7)8-14(16)24)34-21(35)32(5)30-31-34/h8-9,12-13H,10-11H2,1-7H3,(H2,26,27,28,29). The molecule has 3 heterocycles. The fourth-order valence-electron chi connectivity index (χ4n) is 4.75. The summed E-state index contributed by atoms with van der Waals surface area (Å²) < 4.78 is 36.7. The Kier molecular flexibility index (Phi) is 6.45. The Morgan fingerprint density at radius 1 is 1.06 bits per heavy atom. The maximum atomic E-state index is 14.9. The van der Waals surface area contributed by atoms with Gasteiger partial charge in [0.2, 0.25) is 5.95 Å². The summed E-state index contributed by atoms with van der Waals surface area (Å²) in [5, 5.41) is 13.4. The first kappa shape index (κ1) is 25.5. The number of rotatable bonds is 6. The number of ether oxygens (including phenoxy) is 1. The van der Waals surface area contributed by atoms with E-state index >= 15 is 0 Å². The zero-order chi connectivity index (χ0) is 26.4. The SMILES string of the molecule is COc1cc(F)c(Nc2ncc(F)c(NC3CC(C)(C)N(C)C(C)(C)C3)n2)cc1-n1nnn(C)c1=O. The highest BCUT2D eigenvalue weighted by Crippen LogP contribution is 2.38. The Balaban J connectivity index is 1.63. The van der Waals surface area contributed by atoms with Crippen LogP contribution in [0.3, 0.4) is 0 Å². The minimum atomic E-state index is -0.686. The van der Waals surface area contributed by atoms with E-state index in [1.54, 1.807) is 0 Å². The maximum Gasteiger partial charge on any atom is 0.368 e. The Bertz CT molecular complexity index is 1320. The van der Waals surface area contributed by atoms with Gasteiger partial charge in [-0.1, -0.05) is 0 Å². The van der Waals surface area contributed by atoms with Gasteiger partial charge in [0.05, 0.1) is 19.0 Å². The zero-order valence-corrected chi connectivity index (χ0v) is 21.4. The van der Waals surface area contributed by atoms with Gasteiger partial charge in [0.25, 0.3) is 0 Å². The lowest BCUT2D eigenvalue weighted by Gasteiger charge is -2.53. The molecule has 194 valence electrons. The molecule has 0 bridgehead atoms. The average Bonchev–Trinajstić information content (AvgIpc) is 3.13. The number of nitrogens with one attached hydrogen (secondary N) is 2. The van der Waals surface area contributed by atoms with E-state index in [9.17, 15) is 13.6 Å².